The SMILES string of the molecule is COCC1CCN(Cc2ccc(N)cc2)CC1. The summed E-state index contributed by atoms with van der Waals surface area (Å²) < 4.78 is 5.22. The van der Waals surface area contributed by atoms with Gasteiger partial charge in [-0.25, -0.2) is 0 Å². The summed E-state index contributed by atoms with van der Waals surface area (Å²) in [6.07, 6.45) is 2.51. The molecule has 1 aliphatic heterocycles. The number of piperidine rings is 1. The molecule has 0 aromatic heterocycles. The number of likely N-dealkylation sites (tertiary alicyclic amines) is 1. The maximum absolute atomic E-state index is 5.68. The van der Waals surface area contributed by atoms with E-state index in [1.54, 1.807) is 7.11 Å². The van der Waals surface area contributed by atoms with Crippen LogP contribution >= 0.6 is 0 Å². The van der Waals surface area contributed by atoms with Crippen molar-refractivity contribution in [3.8, 4) is 0 Å². The summed E-state index contributed by atoms with van der Waals surface area (Å²) in [5.74, 6) is 0.752. The van der Waals surface area contributed by atoms with Crippen molar-refractivity contribution in [1.29, 1.82) is 0 Å². The minimum Gasteiger partial charge on any atom is -0.399 e. The summed E-state index contributed by atoms with van der Waals surface area (Å²) in [5, 5.41) is 0. The van der Waals surface area contributed by atoms with E-state index in [1.165, 1.54) is 31.5 Å². The molecule has 2 N–H and O–H groups in total. The van der Waals surface area contributed by atoms with Gasteiger partial charge in [0.2, 0.25) is 0 Å². The molecule has 0 bridgehead atoms. The fourth-order valence-electron chi connectivity index (χ4n) is 2.43. The van der Waals surface area contributed by atoms with Crippen LogP contribution in [0, 0.1) is 5.92 Å². The lowest BCUT2D eigenvalue weighted by molar-refractivity contribution is 0.0968. The van der Waals surface area contributed by atoms with E-state index in [9.17, 15) is 0 Å². The lowest BCUT2D eigenvalue weighted by Crippen LogP contribution is -2.34. The Labute approximate surface area is 104 Å². The average Bonchev–Trinajstić information content (AvgIpc) is 2.35. The van der Waals surface area contributed by atoms with Gasteiger partial charge in [0.15, 0.2) is 0 Å². The van der Waals surface area contributed by atoms with Crippen LogP contribution in [0.5, 0.6) is 0 Å². The molecule has 0 aliphatic carbocycles. The maximum Gasteiger partial charge on any atom is 0.0491 e. The average molecular weight is 234 g/mol. The van der Waals surface area contributed by atoms with Crippen LogP contribution in [0.4, 0.5) is 5.69 Å². The third-order valence-corrected chi connectivity index (χ3v) is 3.50. The second kappa shape index (κ2) is 6.03. The zero-order valence-electron chi connectivity index (χ0n) is 10.6. The largest absolute Gasteiger partial charge is 0.399 e. The molecule has 3 nitrogen and oxygen atoms in total. The first-order chi connectivity index (χ1) is 8.28. The molecule has 94 valence electrons. The summed E-state index contributed by atoms with van der Waals surface area (Å²) in [6, 6.07) is 8.20. The summed E-state index contributed by atoms with van der Waals surface area (Å²) in [6.45, 7) is 4.31. The van der Waals surface area contributed by atoms with Crippen molar-refractivity contribution >= 4 is 5.69 Å². The van der Waals surface area contributed by atoms with E-state index in [0.29, 0.717) is 0 Å². The number of nitrogen functional groups attached to an aromatic ring is 1. The number of hydrogen-bond donors (Lipinski definition) is 1. The molecule has 1 saturated heterocycles. The van der Waals surface area contributed by atoms with Crippen molar-refractivity contribution in [1.82, 2.24) is 4.90 Å². The third-order valence-electron chi connectivity index (χ3n) is 3.50. The minimum atomic E-state index is 0.752. The van der Waals surface area contributed by atoms with Gasteiger partial charge in [-0.15, -0.1) is 0 Å². The molecule has 1 aromatic rings. The molecular formula is C14H22N2O. The van der Waals surface area contributed by atoms with Crippen LogP contribution in [0.15, 0.2) is 24.3 Å². The number of nitrogens with two attached hydrogens (primary N) is 1. The number of benzene rings is 1. The summed E-state index contributed by atoms with van der Waals surface area (Å²) in [7, 11) is 1.79. The Balaban J connectivity index is 1.79. The van der Waals surface area contributed by atoms with E-state index in [0.717, 1.165) is 24.8 Å². The first-order valence-corrected chi connectivity index (χ1v) is 6.33. The molecule has 0 radical (unpaired) electrons. The van der Waals surface area contributed by atoms with Gasteiger partial charge in [0.05, 0.1) is 0 Å². The molecule has 1 aliphatic rings. The molecule has 17 heavy (non-hydrogen) atoms. The summed E-state index contributed by atoms with van der Waals surface area (Å²) >= 11 is 0. The predicted molar refractivity (Wildman–Crippen MR) is 70.7 cm³/mol. The van der Waals surface area contributed by atoms with Gasteiger partial charge in [-0.1, -0.05) is 12.1 Å². The van der Waals surface area contributed by atoms with E-state index >= 15 is 0 Å². The first kappa shape index (κ1) is 12.4. The van der Waals surface area contributed by atoms with Gasteiger partial charge in [-0.05, 0) is 49.5 Å². The lowest BCUT2D eigenvalue weighted by atomic mass is 9.97. The highest BCUT2D eigenvalue weighted by Crippen LogP contribution is 2.19. The highest BCUT2D eigenvalue weighted by atomic mass is 16.5. The number of rotatable bonds is 4. The summed E-state index contributed by atoms with van der Waals surface area (Å²) in [5.41, 5.74) is 7.88. The number of hydrogen-bond acceptors (Lipinski definition) is 3. The van der Waals surface area contributed by atoms with Crippen molar-refractivity contribution in [2.45, 2.75) is 19.4 Å². The zero-order chi connectivity index (χ0) is 12.1. The lowest BCUT2D eigenvalue weighted by Gasteiger charge is -2.31. The van der Waals surface area contributed by atoms with E-state index < -0.39 is 0 Å². The molecule has 1 aromatic carbocycles. The fraction of sp³-hybridized carbons (Fsp3) is 0.571. The second-order valence-electron chi connectivity index (χ2n) is 4.92. The van der Waals surface area contributed by atoms with Crippen LogP contribution in [-0.2, 0) is 11.3 Å². The molecule has 0 saturated carbocycles. The number of anilines is 1. The van der Waals surface area contributed by atoms with Crippen molar-refractivity contribution in [2.24, 2.45) is 5.92 Å². The molecule has 0 unspecified atom stereocenters. The van der Waals surface area contributed by atoms with Gasteiger partial charge in [0.1, 0.15) is 0 Å². The van der Waals surface area contributed by atoms with Gasteiger partial charge in [-0.2, -0.15) is 0 Å². The molecule has 2 rings (SSSR count). The Kier molecular flexibility index (Phi) is 4.40. The Morgan fingerprint density at radius 2 is 1.88 bits per heavy atom. The van der Waals surface area contributed by atoms with Gasteiger partial charge in [0.25, 0.3) is 0 Å². The maximum atomic E-state index is 5.68. The third kappa shape index (κ3) is 3.72. The Hall–Kier alpha value is -1.06. The van der Waals surface area contributed by atoms with E-state index in [-0.39, 0.29) is 0 Å². The normalized spacial score (nSPS) is 18.4. The van der Waals surface area contributed by atoms with Crippen LogP contribution in [0.2, 0.25) is 0 Å². The van der Waals surface area contributed by atoms with Crippen LogP contribution < -0.4 is 5.73 Å². The van der Waals surface area contributed by atoms with Crippen molar-refractivity contribution in [2.75, 3.05) is 32.5 Å². The van der Waals surface area contributed by atoms with Crippen LogP contribution in [0.1, 0.15) is 18.4 Å². The van der Waals surface area contributed by atoms with Gasteiger partial charge in [-0.3, -0.25) is 4.90 Å². The quantitative estimate of drug-likeness (QED) is 0.811. The Morgan fingerprint density at radius 3 is 2.47 bits per heavy atom. The molecule has 0 atom stereocenters. The smallest absolute Gasteiger partial charge is 0.0491 e. The molecule has 0 spiro atoms. The standard InChI is InChI=1S/C14H22N2O/c1-17-11-13-6-8-16(9-7-13)10-12-2-4-14(15)5-3-12/h2-5,13H,6-11,15H2,1H3. The number of nitrogens with zero attached hydrogens (tertiary/aromatic N) is 1. The number of ether oxygens (including phenoxy) is 1. The molecule has 1 fully saturated rings. The minimum absolute atomic E-state index is 0.752. The van der Waals surface area contributed by atoms with Crippen molar-refractivity contribution in [3.63, 3.8) is 0 Å². The zero-order valence-corrected chi connectivity index (χ0v) is 10.6. The Bertz CT molecular complexity index is 329. The van der Waals surface area contributed by atoms with E-state index in [2.05, 4.69) is 17.0 Å². The van der Waals surface area contributed by atoms with Crippen LogP contribution in [-0.4, -0.2) is 31.7 Å². The number of methoxy groups -OCH3 is 1. The second-order valence-corrected chi connectivity index (χ2v) is 4.92. The molecule has 0 amide bonds. The first-order valence-electron chi connectivity index (χ1n) is 6.33. The van der Waals surface area contributed by atoms with Gasteiger partial charge < -0.3 is 10.5 Å². The topological polar surface area (TPSA) is 38.5 Å². The highest BCUT2D eigenvalue weighted by molar-refractivity contribution is 5.39. The predicted octanol–water partition coefficient (Wildman–Crippen LogP) is 2.13. The van der Waals surface area contributed by atoms with Gasteiger partial charge in [0, 0.05) is 25.9 Å². The fourth-order valence-corrected chi connectivity index (χ4v) is 2.43. The highest BCUT2D eigenvalue weighted by Gasteiger charge is 2.18. The Morgan fingerprint density at radius 1 is 1.24 bits per heavy atom. The van der Waals surface area contributed by atoms with E-state index in [1.807, 2.05) is 12.1 Å². The molecule has 1 heterocycles. The van der Waals surface area contributed by atoms with Crippen LogP contribution in [0.3, 0.4) is 0 Å². The van der Waals surface area contributed by atoms with Gasteiger partial charge >= 0.3 is 0 Å². The van der Waals surface area contributed by atoms with Crippen LogP contribution in [0.25, 0.3) is 0 Å². The molecular weight excluding hydrogens is 212 g/mol. The summed E-state index contributed by atoms with van der Waals surface area (Å²) in [4.78, 5) is 2.51. The monoisotopic (exact) mass is 234 g/mol. The van der Waals surface area contributed by atoms with E-state index in [4.69, 9.17) is 10.5 Å². The van der Waals surface area contributed by atoms with Crippen molar-refractivity contribution in [3.05, 3.63) is 29.8 Å². The molecule has 3 heteroatoms. The van der Waals surface area contributed by atoms with Crippen molar-refractivity contribution < 1.29 is 4.74 Å².